The molecule has 3 aromatic rings. The molecule has 2 heterocycles. The van der Waals surface area contributed by atoms with E-state index in [1.54, 1.807) is 6.20 Å². The normalized spacial score (nSPS) is 14.4. The smallest absolute Gasteiger partial charge is 0.364 e. The molecule has 1 N–H and O–H groups in total. The fourth-order valence-corrected chi connectivity index (χ4v) is 3.27. The van der Waals surface area contributed by atoms with Crippen molar-refractivity contribution in [3.8, 4) is 0 Å². The molecular formula is C19H17F3N4. The zero-order valence-electron chi connectivity index (χ0n) is 13.9. The highest BCUT2D eigenvalue weighted by Gasteiger charge is 2.30. The molecule has 2 aromatic carbocycles. The van der Waals surface area contributed by atoms with Crippen LogP contribution in [0.2, 0.25) is 0 Å². The van der Waals surface area contributed by atoms with Gasteiger partial charge in [-0.25, -0.2) is 0 Å². The number of para-hydroxylation sites is 2. The molecule has 0 unspecified atom stereocenters. The van der Waals surface area contributed by atoms with Gasteiger partial charge in [-0.3, -0.25) is 5.10 Å². The van der Waals surface area contributed by atoms with Crippen LogP contribution in [0.25, 0.3) is 0 Å². The van der Waals surface area contributed by atoms with Gasteiger partial charge in [-0.2, -0.15) is 18.3 Å². The van der Waals surface area contributed by atoms with Gasteiger partial charge in [0.05, 0.1) is 23.1 Å². The molecule has 134 valence electrons. The number of nitrogens with one attached hydrogen (secondary N) is 1. The molecule has 0 fully saturated rings. The molecule has 0 saturated heterocycles. The molecule has 1 aliphatic heterocycles. The van der Waals surface area contributed by atoms with Gasteiger partial charge >= 0.3 is 6.18 Å². The topological polar surface area (TPSA) is 35.2 Å². The number of nitrogens with zero attached hydrogens (tertiary/aromatic N) is 3. The molecule has 0 amide bonds. The van der Waals surface area contributed by atoms with Crippen LogP contribution in [-0.4, -0.2) is 23.3 Å². The summed E-state index contributed by atoms with van der Waals surface area (Å²) in [5.41, 5.74) is 3.26. The predicted octanol–water partition coefficient (Wildman–Crippen LogP) is 4.59. The van der Waals surface area contributed by atoms with Gasteiger partial charge in [0.25, 0.3) is 0 Å². The van der Waals surface area contributed by atoms with Crippen molar-refractivity contribution < 1.29 is 13.2 Å². The molecule has 1 aliphatic rings. The van der Waals surface area contributed by atoms with E-state index in [4.69, 9.17) is 0 Å². The highest BCUT2D eigenvalue weighted by atomic mass is 19.4. The number of alkyl halides is 3. The average molecular weight is 358 g/mol. The van der Waals surface area contributed by atoms with Crippen LogP contribution >= 0.6 is 0 Å². The SMILES string of the molecule is FC(F)(F)c1ccc(N2CCN(Cc3cn[nH]c3)c3ccccc32)cc1. The summed E-state index contributed by atoms with van der Waals surface area (Å²) < 4.78 is 38.4. The molecule has 0 bridgehead atoms. The summed E-state index contributed by atoms with van der Waals surface area (Å²) in [7, 11) is 0. The van der Waals surface area contributed by atoms with Gasteiger partial charge in [-0.15, -0.1) is 0 Å². The average Bonchev–Trinajstić information content (AvgIpc) is 3.15. The van der Waals surface area contributed by atoms with E-state index in [9.17, 15) is 13.2 Å². The van der Waals surface area contributed by atoms with E-state index in [1.807, 2.05) is 30.5 Å². The third kappa shape index (κ3) is 3.12. The largest absolute Gasteiger partial charge is 0.416 e. The Morgan fingerprint density at radius 3 is 2.35 bits per heavy atom. The molecule has 0 aliphatic carbocycles. The van der Waals surface area contributed by atoms with Crippen molar-refractivity contribution in [2.24, 2.45) is 0 Å². The summed E-state index contributed by atoms with van der Waals surface area (Å²) in [6.07, 6.45) is -0.657. The van der Waals surface area contributed by atoms with Crippen molar-refractivity contribution in [3.05, 3.63) is 72.1 Å². The summed E-state index contributed by atoms with van der Waals surface area (Å²) in [5, 5.41) is 6.80. The van der Waals surface area contributed by atoms with E-state index in [0.717, 1.165) is 47.8 Å². The van der Waals surface area contributed by atoms with Crippen LogP contribution in [0.3, 0.4) is 0 Å². The standard InChI is InChI=1S/C19H17F3N4/c20-19(21,22)15-5-7-16(8-6-15)26-10-9-25(13-14-11-23-24-12-14)17-3-1-2-4-18(17)26/h1-8,11-12H,9-10,13H2,(H,23,24). The summed E-state index contributed by atoms with van der Waals surface area (Å²) in [5.74, 6) is 0. The number of aromatic nitrogens is 2. The van der Waals surface area contributed by atoms with Crippen molar-refractivity contribution >= 4 is 17.1 Å². The number of hydrogen-bond acceptors (Lipinski definition) is 3. The third-order valence-electron chi connectivity index (χ3n) is 4.54. The van der Waals surface area contributed by atoms with Gasteiger partial charge in [0, 0.05) is 37.1 Å². The zero-order valence-corrected chi connectivity index (χ0v) is 13.9. The van der Waals surface area contributed by atoms with E-state index < -0.39 is 11.7 Å². The first-order valence-corrected chi connectivity index (χ1v) is 8.29. The van der Waals surface area contributed by atoms with Crippen molar-refractivity contribution in [2.75, 3.05) is 22.9 Å². The number of hydrogen-bond donors (Lipinski definition) is 1. The minimum absolute atomic E-state index is 0.631. The lowest BCUT2D eigenvalue weighted by atomic mass is 10.1. The number of fused-ring (bicyclic) bond motifs is 1. The van der Waals surface area contributed by atoms with Gasteiger partial charge in [0.15, 0.2) is 0 Å². The van der Waals surface area contributed by atoms with Crippen LogP contribution in [0.1, 0.15) is 11.1 Å². The van der Waals surface area contributed by atoms with Gasteiger partial charge < -0.3 is 9.80 Å². The third-order valence-corrected chi connectivity index (χ3v) is 4.54. The van der Waals surface area contributed by atoms with E-state index in [2.05, 4.69) is 20.0 Å². The minimum Gasteiger partial charge on any atom is -0.364 e. The number of halogens is 3. The second-order valence-corrected chi connectivity index (χ2v) is 6.21. The van der Waals surface area contributed by atoms with Gasteiger partial charge in [0.2, 0.25) is 0 Å². The minimum atomic E-state index is -4.32. The summed E-state index contributed by atoms with van der Waals surface area (Å²) in [4.78, 5) is 4.31. The maximum Gasteiger partial charge on any atom is 0.416 e. The Balaban J connectivity index is 1.64. The molecule has 7 heteroatoms. The fourth-order valence-electron chi connectivity index (χ4n) is 3.27. The molecule has 1 aromatic heterocycles. The highest BCUT2D eigenvalue weighted by Crippen LogP contribution is 2.39. The van der Waals surface area contributed by atoms with Crippen LogP contribution < -0.4 is 9.80 Å². The molecule has 0 atom stereocenters. The Bertz CT molecular complexity index is 873. The number of aromatic amines is 1. The number of benzene rings is 2. The molecule has 0 saturated carbocycles. The number of rotatable bonds is 3. The van der Waals surface area contributed by atoms with Crippen molar-refractivity contribution in [3.63, 3.8) is 0 Å². The van der Waals surface area contributed by atoms with Crippen LogP contribution in [-0.2, 0) is 12.7 Å². The maximum absolute atomic E-state index is 12.8. The molecule has 0 radical (unpaired) electrons. The van der Waals surface area contributed by atoms with E-state index in [-0.39, 0.29) is 0 Å². The van der Waals surface area contributed by atoms with E-state index in [1.165, 1.54) is 12.1 Å². The van der Waals surface area contributed by atoms with Crippen LogP contribution in [0, 0.1) is 0 Å². The van der Waals surface area contributed by atoms with Crippen molar-refractivity contribution in [2.45, 2.75) is 12.7 Å². The number of anilines is 3. The quantitative estimate of drug-likeness (QED) is 0.744. The zero-order chi connectivity index (χ0) is 18.1. The lowest BCUT2D eigenvalue weighted by Gasteiger charge is -2.39. The number of H-pyrrole nitrogens is 1. The fraction of sp³-hybridized carbons (Fsp3) is 0.211. The molecule has 0 spiro atoms. The molecule has 4 nitrogen and oxygen atoms in total. The Kier molecular flexibility index (Phi) is 4.06. The maximum atomic E-state index is 12.8. The van der Waals surface area contributed by atoms with Gasteiger partial charge in [-0.1, -0.05) is 12.1 Å². The Morgan fingerprint density at radius 1 is 0.962 bits per heavy atom. The van der Waals surface area contributed by atoms with Crippen molar-refractivity contribution in [1.82, 2.24) is 10.2 Å². The first-order chi connectivity index (χ1) is 12.5. The van der Waals surface area contributed by atoms with Crippen LogP contribution in [0.15, 0.2) is 60.9 Å². The van der Waals surface area contributed by atoms with E-state index >= 15 is 0 Å². The molecular weight excluding hydrogens is 341 g/mol. The monoisotopic (exact) mass is 358 g/mol. The molecule has 4 rings (SSSR count). The first kappa shape index (κ1) is 16.5. The van der Waals surface area contributed by atoms with Crippen LogP contribution in [0.5, 0.6) is 0 Å². The summed E-state index contributed by atoms with van der Waals surface area (Å²) >= 11 is 0. The lowest BCUT2D eigenvalue weighted by molar-refractivity contribution is -0.137. The Labute approximate surface area is 148 Å². The van der Waals surface area contributed by atoms with Gasteiger partial charge in [-0.05, 0) is 36.4 Å². The second kappa shape index (κ2) is 6.40. The van der Waals surface area contributed by atoms with Gasteiger partial charge in [0.1, 0.15) is 0 Å². The van der Waals surface area contributed by atoms with Crippen molar-refractivity contribution in [1.29, 1.82) is 0 Å². The van der Waals surface area contributed by atoms with E-state index in [0.29, 0.717) is 6.54 Å². The lowest BCUT2D eigenvalue weighted by Crippen LogP contribution is -2.38. The highest BCUT2D eigenvalue weighted by molar-refractivity contribution is 5.79. The summed E-state index contributed by atoms with van der Waals surface area (Å²) in [6.45, 7) is 2.19. The predicted molar refractivity (Wildman–Crippen MR) is 94.5 cm³/mol. The molecule has 26 heavy (non-hydrogen) atoms. The second-order valence-electron chi connectivity index (χ2n) is 6.21. The van der Waals surface area contributed by atoms with Crippen LogP contribution in [0.4, 0.5) is 30.2 Å². The Morgan fingerprint density at radius 2 is 1.69 bits per heavy atom. The Hall–Kier alpha value is -2.96. The first-order valence-electron chi connectivity index (χ1n) is 8.29. The summed E-state index contributed by atoms with van der Waals surface area (Å²) in [6, 6.07) is 13.3.